The van der Waals surface area contributed by atoms with Gasteiger partial charge in [0.1, 0.15) is 6.04 Å². The van der Waals surface area contributed by atoms with E-state index in [1.54, 1.807) is 12.1 Å². The van der Waals surface area contributed by atoms with Crippen molar-refractivity contribution in [2.75, 3.05) is 13.2 Å². The standard InChI is InChI=1S/C14H18N2O4/c1-2-20-12-7-6-10(9-15-12)13(17)16-8-4-3-5-11(16)14(18)19/h6-7,9,11H,2-5,8H2,1H3,(H,18,19)/t11-/m0/s1. The molecule has 1 amide bonds. The maximum absolute atomic E-state index is 12.4. The number of nitrogens with zero attached hydrogens (tertiary/aromatic N) is 2. The normalized spacial score (nSPS) is 18.6. The molecule has 6 nitrogen and oxygen atoms in total. The molecule has 0 spiro atoms. The quantitative estimate of drug-likeness (QED) is 0.904. The van der Waals surface area contributed by atoms with Crippen LogP contribution in [0.15, 0.2) is 18.3 Å². The fourth-order valence-corrected chi connectivity index (χ4v) is 2.34. The van der Waals surface area contributed by atoms with Crippen LogP contribution in [-0.4, -0.2) is 46.1 Å². The summed E-state index contributed by atoms with van der Waals surface area (Å²) in [4.78, 5) is 29.0. The average Bonchev–Trinajstić information content (AvgIpc) is 2.47. The monoisotopic (exact) mass is 278 g/mol. The minimum atomic E-state index is -0.947. The molecule has 1 atom stereocenters. The highest BCUT2D eigenvalue weighted by Crippen LogP contribution is 2.20. The molecule has 2 heterocycles. The first-order valence-electron chi connectivity index (χ1n) is 6.76. The predicted molar refractivity (Wildman–Crippen MR) is 71.7 cm³/mol. The zero-order valence-electron chi connectivity index (χ0n) is 11.4. The lowest BCUT2D eigenvalue weighted by Crippen LogP contribution is -2.48. The van der Waals surface area contributed by atoms with E-state index in [0.29, 0.717) is 31.0 Å². The molecule has 0 saturated carbocycles. The first-order valence-corrected chi connectivity index (χ1v) is 6.76. The largest absolute Gasteiger partial charge is 0.480 e. The second kappa shape index (κ2) is 6.36. The summed E-state index contributed by atoms with van der Waals surface area (Å²) in [5.41, 5.74) is 0.390. The fraction of sp³-hybridized carbons (Fsp3) is 0.500. The van der Waals surface area contributed by atoms with Crippen LogP contribution in [0.25, 0.3) is 0 Å². The Hall–Kier alpha value is -2.11. The Balaban J connectivity index is 2.14. The van der Waals surface area contributed by atoms with Crippen molar-refractivity contribution in [3.8, 4) is 5.88 Å². The van der Waals surface area contributed by atoms with E-state index >= 15 is 0 Å². The summed E-state index contributed by atoms with van der Waals surface area (Å²) >= 11 is 0. The number of carboxylic acids is 1. The van der Waals surface area contributed by atoms with Crippen LogP contribution in [0.1, 0.15) is 36.5 Å². The number of aliphatic carboxylic acids is 1. The summed E-state index contributed by atoms with van der Waals surface area (Å²) in [6.07, 6.45) is 3.61. The van der Waals surface area contributed by atoms with Crippen LogP contribution in [0.2, 0.25) is 0 Å². The molecule has 1 aromatic rings. The number of ether oxygens (including phenoxy) is 1. The highest BCUT2D eigenvalue weighted by Gasteiger charge is 2.32. The minimum Gasteiger partial charge on any atom is -0.480 e. The summed E-state index contributed by atoms with van der Waals surface area (Å²) in [5, 5.41) is 9.19. The van der Waals surface area contributed by atoms with Gasteiger partial charge in [-0.3, -0.25) is 4.79 Å². The van der Waals surface area contributed by atoms with Gasteiger partial charge in [-0.05, 0) is 32.3 Å². The summed E-state index contributed by atoms with van der Waals surface area (Å²) < 4.78 is 5.22. The number of hydrogen-bond acceptors (Lipinski definition) is 4. The molecule has 0 aromatic carbocycles. The zero-order valence-corrected chi connectivity index (χ0v) is 11.4. The predicted octanol–water partition coefficient (Wildman–Crippen LogP) is 1.56. The van der Waals surface area contributed by atoms with Crippen molar-refractivity contribution in [3.63, 3.8) is 0 Å². The molecule has 108 valence electrons. The van der Waals surface area contributed by atoms with E-state index in [1.807, 2.05) is 6.92 Å². The zero-order chi connectivity index (χ0) is 14.5. The summed E-state index contributed by atoms with van der Waals surface area (Å²) in [6.45, 7) is 2.84. The van der Waals surface area contributed by atoms with E-state index in [1.165, 1.54) is 11.1 Å². The van der Waals surface area contributed by atoms with Gasteiger partial charge in [0.05, 0.1) is 12.2 Å². The number of piperidine rings is 1. The van der Waals surface area contributed by atoms with Crippen molar-refractivity contribution in [3.05, 3.63) is 23.9 Å². The van der Waals surface area contributed by atoms with E-state index in [9.17, 15) is 14.7 Å². The summed E-state index contributed by atoms with van der Waals surface area (Å²) in [5.74, 6) is -0.776. The smallest absolute Gasteiger partial charge is 0.326 e. The number of likely N-dealkylation sites (tertiary alicyclic amines) is 1. The van der Waals surface area contributed by atoms with Gasteiger partial charge in [0.25, 0.3) is 5.91 Å². The lowest BCUT2D eigenvalue weighted by molar-refractivity contribution is -0.143. The molecule has 1 aliphatic heterocycles. The van der Waals surface area contributed by atoms with Gasteiger partial charge in [0.2, 0.25) is 5.88 Å². The second-order valence-electron chi connectivity index (χ2n) is 4.67. The maximum Gasteiger partial charge on any atom is 0.326 e. The molecular formula is C14H18N2O4. The molecule has 20 heavy (non-hydrogen) atoms. The van der Waals surface area contributed by atoms with E-state index in [4.69, 9.17) is 4.74 Å². The number of rotatable bonds is 4. The molecule has 1 saturated heterocycles. The van der Waals surface area contributed by atoms with Crippen LogP contribution < -0.4 is 4.74 Å². The van der Waals surface area contributed by atoms with E-state index < -0.39 is 12.0 Å². The van der Waals surface area contributed by atoms with Gasteiger partial charge in [-0.25, -0.2) is 9.78 Å². The number of carboxylic acid groups (broad SMARTS) is 1. The highest BCUT2D eigenvalue weighted by atomic mass is 16.5. The Labute approximate surface area is 117 Å². The number of pyridine rings is 1. The maximum atomic E-state index is 12.4. The molecule has 1 aliphatic rings. The number of carbonyl (C=O) groups excluding carboxylic acids is 1. The van der Waals surface area contributed by atoms with E-state index in [-0.39, 0.29) is 5.91 Å². The molecule has 0 radical (unpaired) electrons. The van der Waals surface area contributed by atoms with Crippen molar-refractivity contribution >= 4 is 11.9 Å². The SMILES string of the molecule is CCOc1ccc(C(=O)N2CCCC[C@H]2C(=O)O)cn1. The third kappa shape index (κ3) is 3.07. The summed E-state index contributed by atoms with van der Waals surface area (Å²) in [7, 11) is 0. The molecule has 2 rings (SSSR count). The third-order valence-electron chi connectivity index (χ3n) is 3.32. The van der Waals surface area contributed by atoms with Crippen molar-refractivity contribution in [2.45, 2.75) is 32.2 Å². The Morgan fingerprint density at radius 3 is 2.85 bits per heavy atom. The number of hydrogen-bond donors (Lipinski definition) is 1. The van der Waals surface area contributed by atoms with Gasteiger partial charge >= 0.3 is 5.97 Å². The van der Waals surface area contributed by atoms with E-state index in [0.717, 1.165) is 12.8 Å². The molecule has 1 aromatic heterocycles. The fourth-order valence-electron chi connectivity index (χ4n) is 2.34. The van der Waals surface area contributed by atoms with Crippen molar-refractivity contribution in [1.29, 1.82) is 0 Å². The van der Waals surface area contributed by atoms with Crippen molar-refractivity contribution in [2.24, 2.45) is 0 Å². The van der Waals surface area contributed by atoms with Crippen molar-refractivity contribution in [1.82, 2.24) is 9.88 Å². The first-order chi connectivity index (χ1) is 9.63. The molecule has 1 N–H and O–H groups in total. The van der Waals surface area contributed by atoms with Gasteiger partial charge in [-0.2, -0.15) is 0 Å². The summed E-state index contributed by atoms with van der Waals surface area (Å²) in [6, 6.07) is 2.51. The second-order valence-corrected chi connectivity index (χ2v) is 4.67. The van der Waals surface area contributed by atoms with Crippen LogP contribution in [0.5, 0.6) is 5.88 Å². The molecule has 1 fully saturated rings. The lowest BCUT2D eigenvalue weighted by atomic mass is 10.0. The molecule has 6 heteroatoms. The number of aromatic nitrogens is 1. The van der Waals surface area contributed by atoms with Crippen LogP contribution in [-0.2, 0) is 4.79 Å². The van der Waals surface area contributed by atoms with Crippen molar-refractivity contribution < 1.29 is 19.4 Å². The first kappa shape index (κ1) is 14.3. The number of carbonyl (C=O) groups is 2. The lowest BCUT2D eigenvalue weighted by Gasteiger charge is -2.32. The average molecular weight is 278 g/mol. The molecule has 0 aliphatic carbocycles. The Morgan fingerprint density at radius 2 is 2.25 bits per heavy atom. The van der Waals surface area contributed by atoms with Gasteiger partial charge in [0.15, 0.2) is 0 Å². The minimum absolute atomic E-state index is 0.285. The Kier molecular flexibility index (Phi) is 4.55. The molecule has 0 unspecified atom stereocenters. The number of amides is 1. The van der Waals surface area contributed by atoms with Gasteiger partial charge in [0, 0.05) is 18.8 Å². The Bertz CT molecular complexity index is 486. The van der Waals surface area contributed by atoms with Crippen LogP contribution in [0, 0.1) is 0 Å². The highest BCUT2D eigenvalue weighted by molar-refractivity contribution is 5.96. The van der Waals surface area contributed by atoms with Gasteiger partial charge in [-0.15, -0.1) is 0 Å². The van der Waals surface area contributed by atoms with Crippen LogP contribution in [0.4, 0.5) is 0 Å². The molecular weight excluding hydrogens is 260 g/mol. The third-order valence-corrected chi connectivity index (χ3v) is 3.32. The van der Waals surface area contributed by atoms with Crippen LogP contribution >= 0.6 is 0 Å². The van der Waals surface area contributed by atoms with Crippen LogP contribution in [0.3, 0.4) is 0 Å². The van der Waals surface area contributed by atoms with Gasteiger partial charge < -0.3 is 14.7 Å². The van der Waals surface area contributed by atoms with Gasteiger partial charge in [-0.1, -0.05) is 0 Å². The Morgan fingerprint density at radius 1 is 1.45 bits per heavy atom. The topological polar surface area (TPSA) is 79.7 Å². The molecule has 0 bridgehead atoms. The van der Waals surface area contributed by atoms with E-state index in [2.05, 4.69) is 4.98 Å².